The molecule has 1 unspecified atom stereocenters. The third kappa shape index (κ3) is 3.79. The van der Waals surface area contributed by atoms with Crippen molar-refractivity contribution >= 4 is 17.3 Å². The SMILES string of the molecule is COCC(O)CCNc1ncnc(N)c1[N+](=O)[O-]. The van der Waals surface area contributed by atoms with Gasteiger partial charge in [0.05, 0.1) is 17.6 Å². The Bertz CT molecular complexity index is 414. The van der Waals surface area contributed by atoms with E-state index in [-0.39, 0.29) is 23.9 Å². The smallest absolute Gasteiger partial charge is 0.352 e. The topological polar surface area (TPSA) is 136 Å². The molecular weight excluding hydrogens is 242 g/mol. The molecule has 0 fully saturated rings. The van der Waals surface area contributed by atoms with Gasteiger partial charge in [0, 0.05) is 13.7 Å². The highest BCUT2D eigenvalue weighted by Gasteiger charge is 2.20. The van der Waals surface area contributed by atoms with Crippen molar-refractivity contribution in [1.82, 2.24) is 9.97 Å². The standard InChI is InChI=1S/C9H15N5O4/c1-18-4-6(15)2-3-11-9-7(14(16)17)8(10)12-5-13-9/h5-6,15H,2-4H2,1H3,(H3,10,11,12,13). The van der Waals surface area contributed by atoms with Crippen LogP contribution in [0.5, 0.6) is 0 Å². The van der Waals surface area contributed by atoms with E-state index in [4.69, 9.17) is 10.5 Å². The van der Waals surface area contributed by atoms with Gasteiger partial charge in [-0.15, -0.1) is 0 Å². The number of nitro groups is 1. The third-order valence-corrected chi connectivity index (χ3v) is 2.16. The second-order valence-electron chi connectivity index (χ2n) is 3.54. The van der Waals surface area contributed by atoms with E-state index in [1.54, 1.807) is 0 Å². The van der Waals surface area contributed by atoms with Gasteiger partial charge in [-0.3, -0.25) is 10.1 Å². The molecule has 0 radical (unpaired) electrons. The highest BCUT2D eigenvalue weighted by atomic mass is 16.6. The van der Waals surface area contributed by atoms with Gasteiger partial charge in [-0.1, -0.05) is 0 Å². The number of nitrogens with two attached hydrogens (primary N) is 1. The summed E-state index contributed by atoms with van der Waals surface area (Å²) in [6, 6.07) is 0. The van der Waals surface area contributed by atoms with E-state index < -0.39 is 11.0 Å². The van der Waals surface area contributed by atoms with E-state index in [2.05, 4.69) is 15.3 Å². The number of nitrogens with zero attached hydrogens (tertiary/aromatic N) is 3. The Morgan fingerprint density at radius 3 is 3.00 bits per heavy atom. The van der Waals surface area contributed by atoms with Crippen LogP contribution in [-0.2, 0) is 4.74 Å². The Kier molecular flexibility index (Phi) is 5.21. The Morgan fingerprint density at radius 1 is 1.67 bits per heavy atom. The molecule has 0 spiro atoms. The summed E-state index contributed by atoms with van der Waals surface area (Å²) >= 11 is 0. The minimum Gasteiger partial charge on any atom is -0.391 e. The highest BCUT2D eigenvalue weighted by molar-refractivity contribution is 5.67. The lowest BCUT2D eigenvalue weighted by Gasteiger charge is -2.10. The first-order valence-electron chi connectivity index (χ1n) is 5.22. The number of aliphatic hydroxyl groups is 1. The van der Waals surface area contributed by atoms with Crippen molar-refractivity contribution in [2.75, 3.05) is 31.3 Å². The number of nitrogens with one attached hydrogen (secondary N) is 1. The van der Waals surface area contributed by atoms with Gasteiger partial charge in [0.15, 0.2) is 0 Å². The second-order valence-corrected chi connectivity index (χ2v) is 3.54. The number of aromatic nitrogens is 2. The first-order chi connectivity index (χ1) is 8.56. The number of hydrogen-bond acceptors (Lipinski definition) is 8. The predicted octanol–water partition coefficient (Wildman–Crippen LogP) is -0.224. The maximum Gasteiger partial charge on any atom is 0.352 e. The molecule has 1 rings (SSSR count). The molecule has 0 saturated carbocycles. The number of anilines is 2. The lowest BCUT2D eigenvalue weighted by molar-refractivity contribution is -0.383. The van der Waals surface area contributed by atoms with Crippen molar-refractivity contribution in [2.24, 2.45) is 0 Å². The molecule has 0 aliphatic rings. The van der Waals surface area contributed by atoms with Gasteiger partial charge in [-0.25, -0.2) is 9.97 Å². The molecule has 0 amide bonds. The molecule has 1 atom stereocenters. The van der Waals surface area contributed by atoms with Crippen LogP contribution in [-0.4, -0.2) is 46.4 Å². The van der Waals surface area contributed by atoms with Gasteiger partial charge in [0.25, 0.3) is 0 Å². The predicted molar refractivity (Wildman–Crippen MR) is 64.1 cm³/mol. The molecule has 0 aliphatic heterocycles. The summed E-state index contributed by atoms with van der Waals surface area (Å²) in [6.45, 7) is 0.511. The normalized spacial score (nSPS) is 12.1. The van der Waals surface area contributed by atoms with Crippen molar-refractivity contribution in [2.45, 2.75) is 12.5 Å². The number of methoxy groups -OCH3 is 1. The number of hydrogen-bond donors (Lipinski definition) is 3. The number of ether oxygens (including phenoxy) is 1. The van der Waals surface area contributed by atoms with Crippen LogP contribution in [0.3, 0.4) is 0 Å². The molecule has 0 aromatic carbocycles. The maximum atomic E-state index is 10.8. The van der Waals surface area contributed by atoms with E-state index in [0.717, 1.165) is 6.33 Å². The number of nitrogen functional groups attached to an aromatic ring is 1. The van der Waals surface area contributed by atoms with Crippen molar-refractivity contribution in [3.63, 3.8) is 0 Å². The van der Waals surface area contributed by atoms with E-state index in [9.17, 15) is 15.2 Å². The molecular formula is C9H15N5O4. The first kappa shape index (κ1) is 14.1. The van der Waals surface area contributed by atoms with Crippen molar-refractivity contribution < 1.29 is 14.8 Å². The van der Waals surface area contributed by atoms with Gasteiger partial charge >= 0.3 is 5.69 Å². The summed E-state index contributed by atoms with van der Waals surface area (Å²) in [5.41, 5.74) is 5.04. The summed E-state index contributed by atoms with van der Waals surface area (Å²) in [4.78, 5) is 17.4. The highest BCUT2D eigenvalue weighted by Crippen LogP contribution is 2.25. The minimum atomic E-state index is -0.650. The average molecular weight is 257 g/mol. The van der Waals surface area contributed by atoms with Crippen molar-refractivity contribution in [3.8, 4) is 0 Å². The van der Waals surface area contributed by atoms with Crippen LogP contribution >= 0.6 is 0 Å². The van der Waals surface area contributed by atoms with Crippen molar-refractivity contribution in [3.05, 3.63) is 16.4 Å². The molecule has 9 heteroatoms. The van der Waals surface area contributed by atoms with Crippen LogP contribution in [0, 0.1) is 10.1 Å². The zero-order valence-electron chi connectivity index (χ0n) is 9.87. The monoisotopic (exact) mass is 257 g/mol. The van der Waals surface area contributed by atoms with Crippen LogP contribution < -0.4 is 11.1 Å². The maximum absolute atomic E-state index is 10.8. The number of aliphatic hydroxyl groups excluding tert-OH is 1. The van der Waals surface area contributed by atoms with Gasteiger partial charge < -0.3 is 20.9 Å². The summed E-state index contributed by atoms with van der Waals surface area (Å²) in [6.07, 6.45) is 0.867. The first-order valence-corrected chi connectivity index (χ1v) is 5.22. The summed E-state index contributed by atoms with van der Waals surface area (Å²) in [7, 11) is 1.48. The van der Waals surface area contributed by atoms with Gasteiger partial charge in [0.2, 0.25) is 11.6 Å². The molecule has 1 heterocycles. The van der Waals surface area contributed by atoms with Crippen molar-refractivity contribution in [1.29, 1.82) is 0 Å². The Labute approximate surface area is 103 Å². The summed E-state index contributed by atoms with van der Waals surface area (Å²) < 4.78 is 4.76. The van der Waals surface area contributed by atoms with E-state index in [0.29, 0.717) is 13.0 Å². The van der Waals surface area contributed by atoms with E-state index >= 15 is 0 Å². The fraction of sp³-hybridized carbons (Fsp3) is 0.556. The van der Waals surface area contributed by atoms with Crippen LogP contribution in [0.1, 0.15) is 6.42 Å². The zero-order valence-corrected chi connectivity index (χ0v) is 9.87. The summed E-state index contributed by atoms with van der Waals surface area (Å²) in [5.74, 6) is -0.160. The van der Waals surface area contributed by atoms with Crippen LogP contribution in [0.15, 0.2) is 6.33 Å². The lowest BCUT2D eigenvalue weighted by atomic mass is 10.2. The Hall–Kier alpha value is -2.00. The minimum absolute atomic E-state index is 0.0390. The molecule has 1 aromatic rings. The molecule has 9 nitrogen and oxygen atoms in total. The molecule has 0 aliphatic carbocycles. The molecule has 100 valence electrons. The fourth-order valence-electron chi connectivity index (χ4n) is 1.33. The Morgan fingerprint density at radius 2 is 2.39 bits per heavy atom. The van der Waals surface area contributed by atoms with E-state index in [1.165, 1.54) is 7.11 Å². The molecule has 18 heavy (non-hydrogen) atoms. The molecule has 0 saturated heterocycles. The average Bonchev–Trinajstić information content (AvgIpc) is 2.28. The van der Waals surface area contributed by atoms with Crippen LogP contribution in [0.4, 0.5) is 17.3 Å². The largest absolute Gasteiger partial charge is 0.391 e. The van der Waals surface area contributed by atoms with Gasteiger partial charge in [-0.05, 0) is 6.42 Å². The number of rotatable bonds is 7. The second kappa shape index (κ2) is 6.67. The van der Waals surface area contributed by atoms with E-state index in [1.807, 2.05) is 0 Å². The quantitative estimate of drug-likeness (QED) is 0.450. The molecule has 1 aromatic heterocycles. The van der Waals surface area contributed by atoms with Gasteiger partial charge in [-0.2, -0.15) is 0 Å². The lowest BCUT2D eigenvalue weighted by Crippen LogP contribution is -2.19. The third-order valence-electron chi connectivity index (χ3n) is 2.16. The Balaban J connectivity index is 2.62. The van der Waals surface area contributed by atoms with Gasteiger partial charge in [0.1, 0.15) is 6.33 Å². The summed E-state index contributed by atoms with van der Waals surface area (Å²) in [5, 5.41) is 22.9. The molecule has 0 bridgehead atoms. The van der Waals surface area contributed by atoms with Crippen LogP contribution in [0.25, 0.3) is 0 Å². The fourth-order valence-corrected chi connectivity index (χ4v) is 1.33. The zero-order chi connectivity index (χ0) is 13.5. The molecule has 4 N–H and O–H groups in total. The van der Waals surface area contributed by atoms with Crippen LogP contribution in [0.2, 0.25) is 0 Å².